The predicted molar refractivity (Wildman–Crippen MR) is 107 cm³/mol. The number of rotatable bonds is 6. The van der Waals surface area contributed by atoms with Crippen molar-refractivity contribution < 1.29 is 23.8 Å². The maximum Gasteiger partial charge on any atom is 0.339 e. The highest BCUT2D eigenvalue weighted by molar-refractivity contribution is 6.07. The van der Waals surface area contributed by atoms with Crippen molar-refractivity contribution in [1.29, 1.82) is 0 Å². The molecule has 0 spiro atoms. The van der Waals surface area contributed by atoms with Crippen molar-refractivity contribution in [3.8, 4) is 11.5 Å². The number of benzene rings is 3. The van der Waals surface area contributed by atoms with Gasteiger partial charge in [-0.1, -0.05) is 24.3 Å². The first-order valence-corrected chi connectivity index (χ1v) is 8.75. The van der Waals surface area contributed by atoms with Gasteiger partial charge in [-0.15, -0.1) is 0 Å². The fraction of sp³-hybridized carbons (Fsp3) is 0.182. The summed E-state index contributed by atoms with van der Waals surface area (Å²) in [6, 6.07) is 17.6. The molecule has 0 aromatic heterocycles. The van der Waals surface area contributed by atoms with E-state index in [0.29, 0.717) is 28.1 Å². The van der Waals surface area contributed by atoms with Gasteiger partial charge in [-0.05, 0) is 48.7 Å². The topological polar surface area (TPSA) is 73.9 Å². The molecular weight excluding hydrogens is 358 g/mol. The molecule has 144 valence electrons. The van der Waals surface area contributed by atoms with E-state index in [2.05, 4.69) is 5.32 Å². The minimum atomic E-state index is -0.963. The maximum absolute atomic E-state index is 12.6. The molecule has 0 saturated heterocycles. The molecule has 0 fully saturated rings. The second-order valence-corrected chi connectivity index (χ2v) is 6.13. The van der Waals surface area contributed by atoms with Gasteiger partial charge < -0.3 is 19.5 Å². The largest absolute Gasteiger partial charge is 0.497 e. The van der Waals surface area contributed by atoms with E-state index >= 15 is 0 Å². The molecule has 0 aliphatic heterocycles. The Kier molecular flexibility index (Phi) is 5.79. The second kappa shape index (κ2) is 8.43. The van der Waals surface area contributed by atoms with Crippen LogP contribution in [-0.4, -0.2) is 32.2 Å². The SMILES string of the molecule is COc1ccc(NC(=O)[C@@H](C)OC(=O)c2ccc(OC)c3ccccc23)cc1. The lowest BCUT2D eigenvalue weighted by molar-refractivity contribution is -0.123. The van der Waals surface area contributed by atoms with Gasteiger partial charge >= 0.3 is 5.97 Å². The van der Waals surface area contributed by atoms with Crippen LogP contribution >= 0.6 is 0 Å². The molecule has 1 amide bonds. The molecule has 1 N–H and O–H groups in total. The zero-order valence-corrected chi connectivity index (χ0v) is 15.9. The fourth-order valence-corrected chi connectivity index (χ4v) is 2.82. The lowest BCUT2D eigenvalue weighted by Crippen LogP contribution is -2.30. The monoisotopic (exact) mass is 379 g/mol. The first kappa shape index (κ1) is 19.2. The molecule has 0 aliphatic rings. The molecule has 0 aliphatic carbocycles. The van der Waals surface area contributed by atoms with Crippen molar-refractivity contribution in [2.24, 2.45) is 0 Å². The lowest BCUT2D eigenvalue weighted by atomic mass is 10.0. The number of carbonyl (C=O) groups is 2. The van der Waals surface area contributed by atoms with Crippen molar-refractivity contribution in [3.05, 3.63) is 66.2 Å². The van der Waals surface area contributed by atoms with Crippen LogP contribution in [-0.2, 0) is 9.53 Å². The zero-order valence-electron chi connectivity index (χ0n) is 15.9. The summed E-state index contributed by atoms with van der Waals surface area (Å²) in [6.45, 7) is 1.53. The van der Waals surface area contributed by atoms with Crippen molar-refractivity contribution in [1.82, 2.24) is 0 Å². The van der Waals surface area contributed by atoms with Gasteiger partial charge in [0.25, 0.3) is 5.91 Å². The van der Waals surface area contributed by atoms with Gasteiger partial charge in [-0.3, -0.25) is 4.79 Å². The van der Waals surface area contributed by atoms with Crippen LogP contribution in [0.15, 0.2) is 60.7 Å². The highest BCUT2D eigenvalue weighted by atomic mass is 16.5. The summed E-state index contributed by atoms with van der Waals surface area (Å²) in [7, 11) is 3.14. The van der Waals surface area contributed by atoms with Crippen LogP contribution in [0, 0.1) is 0 Å². The van der Waals surface area contributed by atoms with E-state index in [1.807, 2.05) is 24.3 Å². The van der Waals surface area contributed by atoms with E-state index < -0.39 is 18.0 Å². The summed E-state index contributed by atoms with van der Waals surface area (Å²) in [5.74, 6) is 0.355. The molecule has 3 aromatic carbocycles. The second-order valence-electron chi connectivity index (χ2n) is 6.13. The summed E-state index contributed by atoms with van der Waals surface area (Å²) >= 11 is 0. The highest BCUT2D eigenvalue weighted by Gasteiger charge is 2.21. The quantitative estimate of drug-likeness (QED) is 0.654. The molecule has 0 radical (unpaired) electrons. The molecule has 0 unspecified atom stereocenters. The smallest absolute Gasteiger partial charge is 0.339 e. The third kappa shape index (κ3) is 4.06. The van der Waals surface area contributed by atoms with Gasteiger partial charge in [0.2, 0.25) is 0 Å². The molecule has 3 aromatic rings. The van der Waals surface area contributed by atoms with Crippen LogP contribution in [0.2, 0.25) is 0 Å². The first-order valence-electron chi connectivity index (χ1n) is 8.75. The first-order chi connectivity index (χ1) is 13.5. The molecular formula is C22H21NO5. The standard InChI is InChI=1S/C22H21NO5/c1-14(21(24)23-15-8-10-16(26-2)11-9-15)28-22(25)19-12-13-20(27-3)18-7-5-4-6-17(18)19/h4-14H,1-3H3,(H,23,24)/t14-/m1/s1. The van der Waals surface area contributed by atoms with Crippen molar-refractivity contribution in [3.63, 3.8) is 0 Å². The van der Waals surface area contributed by atoms with Crippen LogP contribution < -0.4 is 14.8 Å². The van der Waals surface area contributed by atoms with Crippen LogP contribution in [0.3, 0.4) is 0 Å². The zero-order chi connectivity index (χ0) is 20.1. The van der Waals surface area contributed by atoms with Gasteiger partial charge in [-0.25, -0.2) is 4.79 Å². The maximum atomic E-state index is 12.6. The molecule has 3 rings (SSSR count). The Bertz CT molecular complexity index is 997. The van der Waals surface area contributed by atoms with E-state index in [9.17, 15) is 9.59 Å². The summed E-state index contributed by atoms with van der Waals surface area (Å²) in [5.41, 5.74) is 0.962. The molecule has 1 atom stereocenters. The number of ether oxygens (including phenoxy) is 3. The third-order valence-corrected chi connectivity index (χ3v) is 4.33. The van der Waals surface area contributed by atoms with Gasteiger partial charge in [0, 0.05) is 11.1 Å². The van der Waals surface area contributed by atoms with Crippen LogP contribution in [0.1, 0.15) is 17.3 Å². The van der Waals surface area contributed by atoms with Crippen molar-refractivity contribution >= 4 is 28.3 Å². The fourth-order valence-electron chi connectivity index (χ4n) is 2.82. The van der Waals surface area contributed by atoms with Crippen LogP contribution in [0.25, 0.3) is 10.8 Å². The predicted octanol–water partition coefficient (Wildman–Crippen LogP) is 4.04. The Morgan fingerprint density at radius 2 is 1.54 bits per heavy atom. The summed E-state index contributed by atoms with van der Waals surface area (Å²) in [5, 5.41) is 4.22. The number of hydrogen-bond acceptors (Lipinski definition) is 5. The number of anilines is 1. The third-order valence-electron chi connectivity index (χ3n) is 4.33. The average molecular weight is 379 g/mol. The van der Waals surface area contributed by atoms with Gasteiger partial charge in [-0.2, -0.15) is 0 Å². The molecule has 0 bridgehead atoms. The molecule has 6 nitrogen and oxygen atoms in total. The normalized spacial score (nSPS) is 11.5. The van der Waals surface area contributed by atoms with E-state index in [-0.39, 0.29) is 0 Å². The van der Waals surface area contributed by atoms with Gasteiger partial charge in [0.1, 0.15) is 11.5 Å². The highest BCUT2D eigenvalue weighted by Crippen LogP contribution is 2.29. The minimum Gasteiger partial charge on any atom is -0.497 e. The van der Waals surface area contributed by atoms with Gasteiger partial charge in [0.05, 0.1) is 19.8 Å². The Morgan fingerprint density at radius 1 is 0.857 bits per heavy atom. The number of fused-ring (bicyclic) bond motifs is 1. The number of nitrogens with one attached hydrogen (secondary N) is 1. The van der Waals surface area contributed by atoms with E-state index in [1.54, 1.807) is 50.6 Å². The lowest BCUT2D eigenvalue weighted by Gasteiger charge is -2.15. The molecule has 28 heavy (non-hydrogen) atoms. The molecule has 0 saturated carbocycles. The minimum absolute atomic E-state index is 0.375. The molecule has 0 heterocycles. The Balaban J connectivity index is 1.73. The summed E-state index contributed by atoms with van der Waals surface area (Å²) in [4.78, 5) is 25.0. The number of amides is 1. The molecule has 6 heteroatoms. The Labute approximate surface area is 163 Å². The Hall–Kier alpha value is -3.54. The summed E-state index contributed by atoms with van der Waals surface area (Å²) in [6.07, 6.45) is -0.963. The van der Waals surface area contributed by atoms with E-state index in [1.165, 1.54) is 6.92 Å². The average Bonchev–Trinajstić information content (AvgIpc) is 2.73. The Morgan fingerprint density at radius 3 is 2.18 bits per heavy atom. The summed E-state index contributed by atoms with van der Waals surface area (Å²) < 4.78 is 15.8. The number of esters is 1. The van der Waals surface area contributed by atoms with E-state index in [0.717, 1.165) is 5.39 Å². The number of hydrogen-bond donors (Lipinski definition) is 1. The number of carbonyl (C=O) groups excluding carboxylic acids is 2. The van der Waals surface area contributed by atoms with Crippen molar-refractivity contribution in [2.75, 3.05) is 19.5 Å². The van der Waals surface area contributed by atoms with Gasteiger partial charge in [0.15, 0.2) is 6.10 Å². The van der Waals surface area contributed by atoms with E-state index in [4.69, 9.17) is 14.2 Å². The number of methoxy groups -OCH3 is 2. The van der Waals surface area contributed by atoms with Crippen LogP contribution in [0.4, 0.5) is 5.69 Å². The van der Waals surface area contributed by atoms with Crippen LogP contribution in [0.5, 0.6) is 11.5 Å². The van der Waals surface area contributed by atoms with Crippen molar-refractivity contribution in [2.45, 2.75) is 13.0 Å².